The van der Waals surface area contributed by atoms with Crippen LogP contribution in [-0.4, -0.2) is 24.5 Å². The summed E-state index contributed by atoms with van der Waals surface area (Å²) in [5.41, 5.74) is 6.19. The topological polar surface area (TPSA) is 3.24 Å². The van der Waals surface area contributed by atoms with Gasteiger partial charge in [-0.1, -0.05) is 26.0 Å². The van der Waals surface area contributed by atoms with E-state index in [2.05, 4.69) is 37.8 Å². The van der Waals surface area contributed by atoms with Gasteiger partial charge < -0.3 is 4.90 Å². The molecule has 1 nitrogen and oxygen atoms in total. The zero-order valence-corrected chi connectivity index (χ0v) is 10.8. The van der Waals surface area contributed by atoms with Crippen LogP contribution in [0.25, 0.3) is 0 Å². The molecule has 0 saturated heterocycles. The van der Waals surface area contributed by atoms with Crippen molar-refractivity contribution in [2.75, 3.05) is 19.6 Å². The Morgan fingerprint density at radius 1 is 1.06 bits per heavy atom. The number of nitrogens with zero attached hydrogens (tertiary/aromatic N) is 1. The van der Waals surface area contributed by atoms with Gasteiger partial charge in [0.15, 0.2) is 0 Å². The number of likely N-dealkylation sites (N-methyl/N-ethyl adjacent to an activating group) is 1. The first-order valence-corrected chi connectivity index (χ1v) is 6.58. The molecule has 0 bridgehead atoms. The summed E-state index contributed by atoms with van der Waals surface area (Å²) in [5.74, 6) is 0. The molecule has 0 N–H and O–H groups in total. The van der Waals surface area contributed by atoms with Crippen LogP contribution >= 0.6 is 0 Å². The maximum atomic E-state index is 2.56. The SMILES string of the molecule is CCc1cc2c(cc1C)CCN(CC)CC2. The van der Waals surface area contributed by atoms with Gasteiger partial charge in [0, 0.05) is 13.1 Å². The molecule has 16 heavy (non-hydrogen) atoms. The van der Waals surface area contributed by atoms with Gasteiger partial charge in [0.1, 0.15) is 0 Å². The molecule has 1 heteroatoms. The summed E-state index contributed by atoms with van der Waals surface area (Å²) in [6.07, 6.45) is 3.63. The minimum atomic E-state index is 1.16. The lowest BCUT2D eigenvalue weighted by atomic mass is 9.95. The average molecular weight is 217 g/mol. The highest BCUT2D eigenvalue weighted by Crippen LogP contribution is 2.21. The lowest BCUT2D eigenvalue weighted by Crippen LogP contribution is -2.25. The van der Waals surface area contributed by atoms with Crippen molar-refractivity contribution < 1.29 is 0 Å². The highest BCUT2D eigenvalue weighted by molar-refractivity contribution is 5.39. The van der Waals surface area contributed by atoms with Gasteiger partial charge in [0.2, 0.25) is 0 Å². The monoisotopic (exact) mass is 217 g/mol. The third-order valence-electron chi connectivity index (χ3n) is 3.88. The van der Waals surface area contributed by atoms with E-state index in [1.807, 2.05) is 0 Å². The number of rotatable bonds is 2. The van der Waals surface area contributed by atoms with Gasteiger partial charge in [0.05, 0.1) is 0 Å². The van der Waals surface area contributed by atoms with Gasteiger partial charge in [-0.25, -0.2) is 0 Å². The Bertz CT molecular complexity index is 368. The van der Waals surface area contributed by atoms with Crippen LogP contribution in [0.3, 0.4) is 0 Å². The third-order valence-corrected chi connectivity index (χ3v) is 3.88. The van der Waals surface area contributed by atoms with Crippen LogP contribution < -0.4 is 0 Å². The van der Waals surface area contributed by atoms with Gasteiger partial charge >= 0.3 is 0 Å². The summed E-state index contributed by atoms with van der Waals surface area (Å²) in [6.45, 7) is 10.4. The van der Waals surface area contributed by atoms with Crippen LogP contribution in [0, 0.1) is 6.92 Å². The van der Waals surface area contributed by atoms with Crippen LogP contribution in [0.4, 0.5) is 0 Å². The fraction of sp³-hybridized carbons (Fsp3) is 0.600. The maximum absolute atomic E-state index is 2.56. The van der Waals surface area contributed by atoms with E-state index >= 15 is 0 Å². The van der Waals surface area contributed by atoms with Gasteiger partial charge in [-0.05, 0) is 55.0 Å². The Morgan fingerprint density at radius 2 is 1.69 bits per heavy atom. The zero-order valence-electron chi connectivity index (χ0n) is 10.8. The third kappa shape index (κ3) is 2.30. The van der Waals surface area contributed by atoms with E-state index in [0.717, 1.165) is 6.42 Å². The van der Waals surface area contributed by atoms with E-state index in [4.69, 9.17) is 0 Å². The predicted octanol–water partition coefficient (Wildman–Crippen LogP) is 2.98. The lowest BCUT2D eigenvalue weighted by molar-refractivity contribution is 0.303. The summed E-state index contributed by atoms with van der Waals surface area (Å²) in [5, 5.41) is 0. The van der Waals surface area contributed by atoms with Gasteiger partial charge in [-0.2, -0.15) is 0 Å². The highest BCUT2D eigenvalue weighted by atomic mass is 15.1. The Balaban J connectivity index is 2.28. The molecule has 0 aromatic heterocycles. The van der Waals surface area contributed by atoms with Crippen molar-refractivity contribution >= 4 is 0 Å². The predicted molar refractivity (Wildman–Crippen MR) is 70.1 cm³/mol. The Hall–Kier alpha value is -0.820. The minimum Gasteiger partial charge on any atom is -0.303 e. The van der Waals surface area contributed by atoms with Crippen molar-refractivity contribution in [2.24, 2.45) is 0 Å². The Labute approximate surface area is 99.5 Å². The molecule has 1 aliphatic heterocycles. The Kier molecular flexibility index (Phi) is 3.65. The summed E-state index contributed by atoms with van der Waals surface area (Å²) in [6, 6.07) is 4.87. The molecule has 88 valence electrons. The van der Waals surface area contributed by atoms with E-state index in [9.17, 15) is 0 Å². The number of hydrogen-bond acceptors (Lipinski definition) is 1. The average Bonchev–Trinajstić information content (AvgIpc) is 2.49. The molecule has 1 aromatic rings. The van der Waals surface area contributed by atoms with Gasteiger partial charge in [0.25, 0.3) is 0 Å². The first kappa shape index (κ1) is 11.7. The van der Waals surface area contributed by atoms with Crippen LogP contribution in [0.15, 0.2) is 12.1 Å². The lowest BCUT2D eigenvalue weighted by Gasteiger charge is -2.16. The fourth-order valence-electron chi connectivity index (χ4n) is 2.70. The molecular formula is C15H23N. The molecule has 1 aromatic carbocycles. The Morgan fingerprint density at radius 3 is 2.25 bits per heavy atom. The molecule has 0 atom stereocenters. The first-order chi connectivity index (χ1) is 7.74. The number of aryl methyl sites for hydroxylation is 2. The van der Waals surface area contributed by atoms with Crippen molar-refractivity contribution in [3.05, 3.63) is 34.4 Å². The van der Waals surface area contributed by atoms with Gasteiger partial charge in [-0.15, -0.1) is 0 Å². The normalized spacial score (nSPS) is 16.9. The van der Waals surface area contributed by atoms with Crippen molar-refractivity contribution in [2.45, 2.75) is 40.0 Å². The van der Waals surface area contributed by atoms with Crippen LogP contribution in [0.1, 0.15) is 36.1 Å². The van der Waals surface area contributed by atoms with Crippen molar-refractivity contribution in [3.8, 4) is 0 Å². The quantitative estimate of drug-likeness (QED) is 0.736. The van der Waals surface area contributed by atoms with E-state index in [1.54, 1.807) is 11.1 Å². The first-order valence-electron chi connectivity index (χ1n) is 6.58. The smallest absolute Gasteiger partial charge is 0.00219 e. The maximum Gasteiger partial charge on any atom is 0.00219 e. The molecule has 0 amide bonds. The second-order valence-corrected chi connectivity index (χ2v) is 4.84. The van der Waals surface area contributed by atoms with E-state index in [0.29, 0.717) is 0 Å². The van der Waals surface area contributed by atoms with E-state index < -0.39 is 0 Å². The number of fused-ring (bicyclic) bond motifs is 1. The zero-order chi connectivity index (χ0) is 11.5. The van der Waals surface area contributed by atoms with Crippen molar-refractivity contribution in [1.29, 1.82) is 0 Å². The minimum absolute atomic E-state index is 1.16. The molecule has 0 radical (unpaired) electrons. The summed E-state index contributed by atoms with van der Waals surface area (Å²) in [4.78, 5) is 2.56. The number of hydrogen-bond donors (Lipinski definition) is 0. The second-order valence-electron chi connectivity index (χ2n) is 4.84. The van der Waals surface area contributed by atoms with E-state index in [1.165, 1.54) is 43.6 Å². The molecule has 0 unspecified atom stereocenters. The highest BCUT2D eigenvalue weighted by Gasteiger charge is 2.13. The molecule has 1 heterocycles. The molecule has 0 saturated carbocycles. The van der Waals surface area contributed by atoms with Crippen molar-refractivity contribution in [1.82, 2.24) is 4.90 Å². The molecular weight excluding hydrogens is 194 g/mol. The molecule has 1 aliphatic rings. The van der Waals surface area contributed by atoms with Crippen LogP contribution in [-0.2, 0) is 19.3 Å². The molecule has 0 spiro atoms. The fourth-order valence-corrected chi connectivity index (χ4v) is 2.70. The summed E-state index contributed by atoms with van der Waals surface area (Å²) < 4.78 is 0. The van der Waals surface area contributed by atoms with E-state index in [-0.39, 0.29) is 0 Å². The largest absolute Gasteiger partial charge is 0.303 e. The standard InChI is InChI=1S/C15H23N/c1-4-13-11-15-7-9-16(5-2)8-6-14(15)10-12(13)3/h10-11H,4-9H2,1-3H3. The van der Waals surface area contributed by atoms with Crippen molar-refractivity contribution in [3.63, 3.8) is 0 Å². The summed E-state index contributed by atoms with van der Waals surface area (Å²) in [7, 11) is 0. The number of benzene rings is 1. The second kappa shape index (κ2) is 5.01. The molecule has 2 rings (SSSR count). The van der Waals surface area contributed by atoms with Crippen LogP contribution in [0.2, 0.25) is 0 Å². The van der Waals surface area contributed by atoms with Crippen LogP contribution in [0.5, 0.6) is 0 Å². The van der Waals surface area contributed by atoms with Gasteiger partial charge in [-0.3, -0.25) is 0 Å². The molecule has 0 fully saturated rings. The molecule has 0 aliphatic carbocycles. The summed E-state index contributed by atoms with van der Waals surface area (Å²) >= 11 is 0.